The number of ether oxygens (including phenoxy) is 1. The first-order chi connectivity index (χ1) is 12.6. The van der Waals surface area contributed by atoms with Crippen LogP contribution in [0.15, 0.2) is 53.5 Å². The van der Waals surface area contributed by atoms with Gasteiger partial charge >= 0.3 is 5.97 Å². The van der Waals surface area contributed by atoms with Crippen molar-refractivity contribution in [2.75, 3.05) is 6.61 Å². The lowest BCUT2D eigenvalue weighted by Crippen LogP contribution is -2.19. The average Bonchev–Trinajstić information content (AvgIpc) is 2.98. The van der Waals surface area contributed by atoms with Gasteiger partial charge in [0.1, 0.15) is 0 Å². The van der Waals surface area contributed by atoms with Crippen LogP contribution >= 0.6 is 11.3 Å². The van der Waals surface area contributed by atoms with Gasteiger partial charge in [-0.2, -0.15) is 4.99 Å². The van der Waals surface area contributed by atoms with E-state index in [-0.39, 0.29) is 18.3 Å². The number of hydrogen-bond donors (Lipinski definition) is 0. The number of aryl methyl sites for hydroxylation is 2. The van der Waals surface area contributed by atoms with E-state index in [2.05, 4.69) is 4.99 Å². The number of carbonyl (C=O) groups is 2. The Balaban J connectivity index is 1.98. The van der Waals surface area contributed by atoms with E-state index in [0.29, 0.717) is 23.5 Å². The number of carbonyl (C=O) groups excluding carboxylic acids is 2. The van der Waals surface area contributed by atoms with Gasteiger partial charge < -0.3 is 9.30 Å². The molecule has 0 atom stereocenters. The molecule has 0 bridgehead atoms. The summed E-state index contributed by atoms with van der Waals surface area (Å²) in [5.74, 6) is -0.549. The summed E-state index contributed by atoms with van der Waals surface area (Å²) in [6, 6.07) is 15.2. The maximum absolute atomic E-state index is 12.5. The molecule has 1 aromatic heterocycles. The summed E-state index contributed by atoms with van der Waals surface area (Å²) in [6.45, 7) is 4.53. The van der Waals surface area contributed by atoms with Crippen molar-refractivity contribution in [2.24, 2.45) is 4.99 Å². The Labute approximate surface area is 155 Å². The maximum Gasteiger partial charge on any atom is 0.307 e. The zero-order valence-corrected chi connectivity index (χ0v) is 15.6. The van der Waals surface area contributed by atoms with Crippen molar-refractivity contribution in [1.29, 1.82) is 0 Å². The molecular weight excluding hydrogens is 348 g/mol. The summed E-state index contributed by atoms with van der Waals surface area (Å²) in [4.78, 5) is 29.2. The normalized spacial score (nSPS) is 11.7. The van der Waals surface area contributed by atoms with Gasteiger partial charge in [-0.3, -0.25) is 9.59 Å². The summed E-state index contributed by atoms with van der Waals surface area (Å²) in [6.07, 6.45) is 0.237. The highest BCUT2D eigenvalue weighted by Crippen LogP contribution is 2.17. The number of fused-ring (bicyclic) bond motifs is 1. The molecule has 0 aliphatic rings. The molecule has 5 nitrogen and oxygen atoms in total. The number of aromatic nitrogens is 1. The van der Waals surface area contributed by atoms with Crippen molar-refractivity contribution in [3.63, 3.8) is 0 Å². The van der Waals surface area contributed by atoms with Gasteiger partial charge in [0.05, 0.1) is 23.2 Å². The fourth-order valence-electron chi connectivity index (χ4n) is 2.61. The minimum Gasteiger partial charge on any atom is -0.466 e. The molecule has 3 rings (SSSR count). The summed E-state index contributed by atoms with van der Waals surface area (Å²) >= 11 is 1.44. The minimum atomic E-state index is -0.290. The van der Waals surface area contributed by atoms with Crippen LogP contribution in [-0.4, -0.2) is 23.1 Å². The largest absolute Gasteiger partial charge is 0.466 e. The van der Waals surface area contributed by atoms with Crippen molar-refractivity contribution in [3.05, 3.63) is 64.5 Å². The van der Waals surface area contributed by atoms with Crippen LogP contribution in [-0.2, 0) is 16.1 Å². The highest BCUT2D eigenvalue weighted by molar-refractivity contribution is 7.16. The van der Waals surface area contributed by atoms with Gasteiger partial charge in [-0.05, 0) is 38.1 Å². The Morgan fingerprint density at radius 1 is 1.12 bits per heavy atom. The van der Waals surface area contributed by atoms with Gasteiger partial charge in [0.2, 0.25) is 0 Å². The van der Waals surface area contributed by atoms with Crippen LogP contribution in [0.4, 0.5) is 0 Å². The molecule has 0 saturated heterocycles. The fraction of sp³-hybridized carbons (Fsp3) is 0.250. The second-order valence-electron chi connectivity index (χ2n) is 5.84. The number of esters is 1. The zero-order chi connectivity index (χ0) is 18.5. The van der Waals surface area contributed by atoms with E-state index in [0.717, 1.165) is 15.8 Å². The lowest BCUT2D eigenvalue weighted by atomic mass is 10.1. The molecule has 134 valence electrons. The van der Waals surface area contributed by atoms with E-state index in [9.17, 15) is 9.59 Å². The Kier molecular flexibility index (Phi) is 5.63. The number of rotatable bonds is 5. The predicted octanol–water partition coefficient (Wildman–Crippen LogP) is 3.71. The molecule has 1 heterocycles. The van der Waals surface area contributed by atoms with Crippen molar-refractivity contribution >= 4 is 33.4 Å². The molecule has 2 aromatic carbocycles. The molecule has 26 heavy (non-hydrogen) atoms. The molecule has 0 fully saturated rings. The molecule has 0 saturated carbocycles. The molecule has 0 spiro atoms. The van der Waals surface area contributed by atoms with Crippen LogP contribution in [0.25, 0.3) is 10.2 Å². The van der Waals surface area contributed by atoms with E-state index in [1.54, 1.807) is 19.1 Å². The van der Waals surface area contributed by atoms with Crippen LogP contribution in [0.2, 0.25) is 0 Å². The molecule has 0 aliphatic carbocycles. The van der Waals surface area contributed by atoms with Gasteiger partial charge in [0.15, 0.2) is 4.80 Å². The van der Waals surface area contributed by atoms with Crippen molar-refractivity contribution < 1.29 is 14.3 Å². The number of thiazole rings is 1. The smallest absolute Gasteiger partial charge is 0.307 e. The van der Waals surface area contributed by atoms with Gasteiger partial charge in [0, 0.05) is 12.1 Å². The fourth-order valence-corrected chi connectivity index (χ4v) is 3.66. The Bertz CT molecular complexity index is 1000. The zero-order valence-electron chi connectivity index (χ0n) is 14.8. The molecule has 0 N–H and O–H groups in total. The van der Waals surface area contributed by atoms with Crippen molar-refractivity contribution in [3.8, 4) is 0 Å². The van der Waals surface area contributed by atoms with Crippen LogP contribution < -0.4 is 4.80 Å². The first-order valence-corrected chi connectivity index (χ1v) is 9.30. The molecule has 6 heteroatoms. The molecule has 3 aromatic rings. The van der Waals surface area contributed by atoms with Gasteiger partial charge in [-0.1, -0.05) is 41.2 Å². The summed E-state index contributed by atoms with van der Waals surface area (Å²) in [5.41, 5.74) is 2.59. The standard InChI is InChI=1S/C20H20N2O3S/c1-3-25-18(23)12-13-22-16-6-4-5-7-17(16)26-20(22)21-19(24)15-10-8-14(2)9-11-15/h4-11H,3,12-13H2,1-2H3. The van der Waals surface area contributed by atoms with Gasteiger partial charge in [-0.15, -0.1) is 0 Å². The number of hydrogen-bond acceptors (Lipinski definition) is 4. The SMILES string of the molecule is CCOC(=O)CCn1c(=NC(=O)c2ccc(C)cc2)sc2ccccc21. The maximum atomic E-state index is 12.5. The van der Waals surface area contributed by atoms with Crippen LogP contribution in [0.1, 0.15) is 29.3 Å². The summed E-state index contributed by atoms with van der Waals surface area (Å²) < 4.78 is 7.93. The number of benzene rings is 2. The second kappa shape index (κ2) is 8.10. The molecular formula is C20H20N2O3S. The average molecular weight is 368 g/mol. The lowest BCUT2D eigenvalue weighted by molar-refractivity contribution is -0.143. The summed E-state index contributed by atoms with van der Waals surface area (Å²) in [5, 5.41) is 0. The van der Waals surface area contributed by atoms with Crippen LogP contribution in [0.5, 0.6) is 0 Å². The molecule has 1 amide bonds. The first kappa shape index (κ1) is 18.1. The Morgan fingerprint density at radius 3 is 2.58 bits per heavy atom. The van der Waals surface area contributed by atoms with Crippen molar-refractivity contribution in [1.82, 2.24) is 4.57 Å². The van der Waals surface area contributed by atoms with E-state index >= 15 is 0 Å². The van der Waals surface area contributed by atoms with E-state index in [1.807, 2.05) is 47.9 Å². The highest BCUT2D eigenvalue weighted by atomic mass is 32.1. The Morgan fingerprint density at radius 2 is 1.85 bits per heavy atom. The minimum absolute atomic E-state index is 0.237. The third kappa shape index (κ3) is 4.08. The lowest BCUT2D eigenvalue weighted by Gasteiger charge is -2.05. The predicted molar refractivity (Wildman–Crippen MR) is 102 cm³/mol. The van der Waals surface area contributed by atoms with E-state index in [1.165, 1.54) is 11.3 Å². The topological polar surface area (TPSA) is 60.7 Å². The van der Waals surface area contributed by atoms with Crippen LogP contribution in [0, 0.1) is 6.92 Å². The third-order valence-corrected chi connectivity index (χ3v) is 4.99. The highest BCUT2D eigenvalue weighted by Gasteiger charge is 2.11. The summed E-state index contributed by atoms with van der Waals surface area (Å²) in [7, 11) is 0. The van der Waals surface area contributed by atoms with E-state index < -0.39 is 0 Å². The van der Waals surface area contributed by atoms with Crippen molar-refractivity contribution in [2.45, 2.75) is 26.8 Å². The number of nitrogens with zero attached hydrogens (tertiary/aromatic N) is 2. The number of amides is 1. The molecule has 0 unspecified atom stereocenters. The second-order valence-corrected chi connectivity index (χ2v) is 6.85. The monoisotopic (exact) mass is 368 g/mol. The molecule has 0 aliphatic heterocycles. The third-order valence-electron chi connectivity index (χ3n) is 3.93. The molecule has 0 radical (unpaired) electrons. The van der Waals surface area contributed by atoms with E-state index in [4.69, 9.17) is 4.74 Å². The Hall–Kier alpha value is -2.73. The van der Waals surface area contributed by atoms with Gasteiger partial charge in [-0.25, -0.2) is 0 Å². The first-order valence-electron chi connectivity index (χ1n) is 8.48. The van der Waals surface area contributed by atoms with Gasteiger partial charge in [0.25, 0.3) is 5.91 Å². The number of para-hydroxylation sites is 1. The quantitative estimate of drug-likeness (QED) is 0.645. The van der Waals surface area contributed by atoms with Crippen LogP contribution in [0.3, 0.4) is 0 Å².